The molecule has 2 unspecified atom stereocenters. The zero-order valence-corrected chi connectivity index (χ0v) is 18.7. The van der Waals surface area contributed by atoms with E-state index in [0.717, 1.165) is 51.4 Å². The smallest absolute Gasteiger partial charge is 0.228 e. The van der Waals surface area contributed by atoms with Crippen molar-refractivity contribution < 1.29 is 19.6 Å². The Kier molecular flexibility index (Phi) is 9.55. The van der Waals surface area contributed by atoms with E-state index in [1.54, 1.807) is 0 Å². The maximum absolute atomic E-state index is 6.11. The molecule has 1 rings (SSSR count). The van der Waals surface area contributed by atoms with Gasteiger partial charge in [-0.25, -0.2) is 9.78 Å². The van der Waals surface area contributed by atoms with Crippen LogP contribution in [0.15, 0.2) is 0 Å². The van der Waals surface area contributed by atoms with E-state index >= 15 is 0 Å². The third-order valence-electron chi connectivity index (χ3n) is 5.71. The van der Waals surface area contributed by atoms with Gasteiger partial charge in [0.2, 0.25) is 5.79 Å². The standard InChI is InChI=1S/C22H44O4/c1-9-11-16-20(5,6)23-25-22(18(3)14-13-15-19(22)4)26-24-21(7,8)17-12-10-2/h18-19H,9-17H2,1-8H3. The van der Waals surface area contributed by atoms with Crippen LogP contribution in [0.25, 0.3) is 0 Å². The Hall–Kier alpha value is -0.160. The van der Waals surface area contributed by atoms with Crippen LogP contribution in [0.4, 0.5) is 0 Å². The van der Waals surface area contributed by atoms with E-state index in [0.29, 0.717) is 0 Å². The second-order valence-corrected chi connectivity index (χ2v) is 9.51. The van der Waals surface area contributed by atoms with Gasteiger partial charge in [-0.2, -0.15) is 9.78 Å². The van der Waals surface area contributed by atoms with E-state index < -0.39 is 5.79 Å². The van der Waals surface area contributed by atoms with Crippen LogP contribution in [0, 0.1) is 11.8 Å². The van der Waals surface area contributed by atoms with Crippen molar-refractivity contribution in [1.29, 1.82) is 0 Å². The van der Waals surface area contributed by atoms with E-state index in [1.807, 2.05) is 0 Å². The first-order valence-electron chi connectivity index (χ1n) is 10.8. The largest absolute Gasteiger partial charge is 0.238 e. The summed E-state index contributed by atoms with van der Waals surface area (Å²) < 4.78 is 0. The van der Waals surface area contributed by atoms with Crippen LogP contribution in [-0.2, 0) is 19.6 Å². The van der Waals surface area contributed by atoms with Crippen molar-refractivity contribution >= 4 is 0 Å². The molecule has 0 amide bonds. The topological polar surface area (TPSA) is 36.9 Å². The van der Waals surface area contributed by atoms with Gasteiger partial charge in [0.15, 0.2) is 0 Å². The van der Waals surface area contributed by atoms with Crippen LogP contribution in [0.5, 0.6) is 0 Å². The van der Waals surface area contributed by atoms with Gasteiger partial charge in [0, 0.05) is 11.8 Å². The van der Waals surface area contributed by atoms with Gasteiger partial charge in [-0.1, -0.05) is 59.8 Å². The Bertz CT molecular complexity index is 356. The summed E-state index contributed by atoms with van der Waals surface area (Å²) in [5, 5.41) is 0. The van der Waals surface area contributed by atoms with Gasteiger partial charge in [-0.05, 0) is 53.4 Å². The van der Waals surface area contributed by atoms with Gasteiger partial charge in [0.25, 0.3) is 0 Å². The Morgan fingerprint density at radius 1 is 0.769 bits per heavy atom. The predicted octanol–water partition coefficient (Wildman–Crippen LogP) is 6.97. The SMILES string of the molecule is CCCCC(C)(C)OOC1(OOC(C)(C)CCCC)C(C)CCCC1C. The highest BCUT2D eigenvalue weighted by Gasteiger charge is 2.50. The Morgan fingerprint density at radius 2 is 1.15 bits per heavy atom. The first kappa shape index (κ1) is 23.9. The first-order valence-corrected chi connectivity index (χ1v) is 10.8. The minimum absolute atomic E-state index is 0.218. The fourth-order valence-electron chi connectivity index (χ4n) is 3.60. The molecule has 4 nitrogen and oxygen atoms in total. The lowest BCUT2D eigenvalue weighted by Crippen LogP contribution is -2.53. The summed E-state index contributed by atoms with van der Waals surface area (Å²) in [5.41, 5.74) is -0.665. The van der Waals surface area contributed by atoms with E-state index in [-0.39, 0.29) is 23.0 Å². The van der Waals surface area contributed by atoms with Crippen LogP contribution in [-0.4, -0.2) is 17.0 Å². The fraction of sp³-hybridized carbons (Fsp3) is 1.00. The third-order valence-corrected chi connectivity index (χ3v) is 5.71. The molecule has 0 bridgehead atoms. The van der Waals surface area contributed by atoms with Gasteiger partial charge in [0.1, 0.15) is 0 Å². The second-order valence-electron chi connectivity index (χ2n) is 9.51. The Balaban J connectivity index is 2.83. The van der Waals surface area contributed by atoms with Crippen molar-refractivity contribution in [2.24, 2.45) is 11.8 Å². The summed E-state index contributed by atoms with van der Waals surface area (Å²) >= 11 is 0. The highest BCUT2D eigenvalue weighted by Crippen LogP contribution is 2.44. The van der Waals surface area contributed by atoms with Crippen molar-refractivity contribution in [3.05, 3.63) is 0 Å². The first-order chi connectivity index (χ1) is 12.1. The third kappa shape index (κ3) is 7.10. The lowest BCUT2D eigenvalue weighted by Gasteiger charge is -2.46. The molecule has 26 heavy (non-hydrogen) atoms. The van der Waals surface area contributed by atoms with E-state index in [4.69, 9.17) is 19.6 Å². The maximum atomic E-state index is 6.11. The number of unbranched alkanes of at least 4 members (excludes halogenated alkanes) is 2. The van der Waals surface area contributed by atoms with E-state index in [2.05, 4.69) is 55.4 Å². The highest BCUT2D eigenvalue weighted by atomic mass is 17.3. The molecule has 156 valence electrons. The summed E-state index contributed by atoms with van der Waals surface area (Å²) in [5.74, 6) is -0.406. The minimum Gasteiger partial charge on any atom is -0.228 e. The minimum atomic E-state index is -0.842. The van der Waals surface area contributed by atoms with Gasteiger partial charge in [-0.15, -0.1) is 0 Å². The Morgan fingerprint density at radius 3 is 1.50 bits per heavy atom. The van der Waals surface area contributed by atoms with Crippen LogP contribution < -0.4 is 0 Å². The molecule has 2 atom stereocenters. The summed E-state index contributed by atoms with van der Waals surface area (Å²) in [6, 6.07) is 0. The van der Waals surface area contributed by atoms with Crippen LogP contribution in [0.1, 0.15) is 113 Å². The van der Waals surface area contributed by atoms with Gasteiger partial charge < -0.3 is 0 Å². The molecule has 0 aromatic carbocycles. The summed E-state index contributed by atoms with van der Waals surface area (Å²) in [6.45, 7) is 17.1. The molecule has 0 saturated heterocycles. The van der Waals surface area contributed by atoms with Crippen LogP contribution in [0.3, 0.4) is 0 Å². The average Bonchev–Trinajstić information content (AvgIpc) is 2.58. The highest BCUT2D eigenvalue weighted by molar-refractivity contribution is 4.86. The zero-order chi connectivity index (χ0) is 19.8. The van der Waals surface area contributed by atoms with Gasteiger partial charge in [0.05, 0.1) is 11.2 Å². The summed E-state index contributed by atoms with van der Waals surface area (Å²) in [6.07, 6.45) is 9.77. The molecule has 0 N–H and O–H groups in total. The fourth-order valence-corrected chi connectivity index (χ4v) is 3.60. The van der Waals surface area contributed by atoms with Gasteiger partial charge in [-0.3, -0.25) is 0 Å². The van der Waals surface area contributed by atoms with Crippen molar-refractivity contribution in [2.75, 3.05) is 0 Å². The normalized spacial score (nSPS) is 24.0. The molecule has 0 aliphatic heterocycles. The van der Waals surface area contributed by atoms with E-state index in [9.17, 15) is 0 Å². The van der Waals surface area contributed by atoms with Gasteiger partial charge >= 0.3 is 0 Å². The second kappa shape index (κ2) is 10.4. The molecule has 0 heterocycles. The molecule has 1 saturated carbocycles. The summed E-state index contributed by atoms with van der Waals surface area (Å²) in [7, 11) is 0. The van der Waals surface area contributed by atoms with Crippen molar-refractivity contribution in [2.45, 2.75) is 130 Å². The molecular formula is C22H44O4. The molecule has 0 spiro atoms. The Labute approximate surface area is 162 Å². The van der Waals surface area contributed by atoms with Crippen LogP contribution in [0.2, 0.25) is 0 Å². The van der Waals surface area contributed by atoms with Crippen LogP contribution >= 0.6 is 0 Å². The predicted molar refractivity (Wildman–Crippen MR) is 106 cm³/mol. The molecule has 0 aromatic heterocycles. The molecule has 0 aromatic rings. The van der Waals surface area contributed by atoms with E-state index in [1.165, 1.54) is 6.42 Å². The number of hydrogen-bond acceptors (Lipinski definition) is 4. The molecule has 1 fully saturated rings. The number of rotatable bonds is 12. The average molecular weight is 373 g/mol. The molecule has 1 aliphatic carbocycles. The zero-order valence-electron chi connectivity index (χ0n) is 18.7. The maximum Gasteiger partial charge on any atom is 0.238 e. The molecule has 0 radical (unpaired) electrons. The molecule has 4 heteroatoms. The van der Waals surface area contributed by atoms with Crippen molar-refractivity contribution in [1.82, 2.24) is 0 Å². The quantitative estimate of drug-likeness (QED) is 0.210. The van der Waals surface area contributed by atoms with Crippen molar-refractivity contribution in [3.8, 4) is 0 Å². The monoisotopic (exact) mass is 372 g/mol. The number of hydrogen-bond donors (Lipinski definition) is 0. The lowest BCUT2D eigenvalue weighted by atomic mass is 9.77. The summed E-state index contributed by atoms with van der Waals surface area (Å²) in [4.78, 5) is 24.1. The molecule has 1 aliphatic rings. The van der Waals surface area contributed by atoms with Crippen molar-refractivity contribution in [3.63, 3.8) is 0 Å². The lowest BCUT2D eigenvalue weighted by molar-refractivity contribution is -0.566. The molecular weight excluding hydrogens is 328 g/mol.